The van der Waals surface area contributed by atoms with Crippen molar-refractivity contribution in [2.45, 2.75) is 59.7 Å². The van der Waals surface area contributed by atoms with E-state index in [1.807, 2.05) is 27.7 Å². The van der Waals surface area contributed by atoms with E-state index in [1.54, 1.807) is 31.2 Å². The van der Waals surface area contributed by atoms with Crippen molar-refractivity contribution in [2.24, 2.45) is 11.8 Å². The molecule has 2 aromatic rings. The lowest BCUT2D eigenvalue weighted by atomic mass is 9.90. The first kappa shape index (κ1) is 23.1. The summed E-state index contributed by atoms with van der Waals surface area (Å²) in [5.41, 5.74) is -1.41. The van der Waals surface area contributed by atoms with Gasteiger partial charge < -0.3 is 10.1 Å². The monoisotopic (exact) mass is 412 g/mol. The molecular formula is C22H28N4O4. The Morgan fingerprint density at radius 1 is 1.20 bits per heavy atom. The van der Waals surface area contributed by atoms with Crippen LogP contribution in [0, 0.1) is 23.2 Å². The lowest BCUT2D eigenvalue weighted by Crippen LogP contribution is -2.52. The van der Waals surface area contributed by atoms with E-state index in [2.05, 4.69) is 16.5 Å². The first-order valence-electron chi connectivity index (χ1n) is 9.94. The highest BCUT2D eigenvalue weighted by Crippen LogP contribution is 2.17. The molecule has 8 nitrogen and oxygen atoms in total. The zero-order chi connectivity index (χ0) is 22.6. The average Bonchev–Trinajstić information content (AvgIpc) is 2.69. The molecule has 0 aliphatic carbocycles. The molecule has 2 rings (SSSR count). The summed E-state index contributed by atoms with van der Waals surface area (Å²) >= 11 is 0. The SMILES string of the molecule is CC(C)Cn1nc(C(=O)O[C@H](C)C(=O)N[C@@](C)(C#N)C(C)C)c2ccccc2c1=O. The van der Waals surface area contributed by atoms with Gasteiger partial charge >= 0.3 is 5.97 Å². The van der Waals surface area contributed by atoms with Crippen LogP contribution in [-0.2, 0) is 16.1 Å². The van der Waals surface area contributed by atoms with Crippen molar-refractivity contribution in [3.8, 4) is 6.07 Å². The summed E-state index contributed by atoms with van der Waals surface area (Å²) in [6.45, 7) is 10.9. The van der Waals surface area contributed by atoms with Gasteiger partial charge in [-0.05, 0) is 31.7 Å². The summed E-state index contributed by atoms with van der Waals surface area (Å²) in [6, 6.07) is 8.74. The quantitative estimate of drug-likeness (QED) is 0.699. The number of esters is 1. The first-order chi connectivity index (χ1) is 14.0. The van der Waals surface area contributed by atoms with E-state index in [0.717, 1.165) is 0 Å². The minimum atomic E-state index is -1.14. The average molecular weight is 412 g/mol. The minimum Gasteiger partial charge on any atom is -0.448 e. The van der Waals surface area contributed by atoms with Crippen LogP contribution in [0.5, 0.6) is 0 Å². The van der Waals surface area contributed by atoms with Crippen molar-refractivity contribution in [1.82, 2.24) is 15.1 Å². The fourth-order valence-electron chi connectivity index (χ4n) is 2.78. The van der Waals surface area contributed by atoms with Crippen molar-refractivity contribution in [3.05, 3.63) is 40.3 Å². The zero-order valence-electron chi connectivity index (χ0n) is 18.2. The van der Waals surface area contributed by atoms with E-state index in [4.69, 9.17) is 4.74 Å². The number of ether oxygens (including phenoxy) is 1. The van der Waals surface area contributed by atoms with Gasteiger partial charge in [0.05, 0.1) is 11.5 Å². The van der Waals surface area contributed by atoms with Crippen LogP contribution in [-0.4, -0.2) is 33.3 Å². The van der Waals surface area contributed by atoms with Crippen molar-refractivity contribution >= 4 is 22.6 Å². The summed E-state index contributed by atoms with van der Waals surface area (Å²) in [6.07, 6.45) is -1.14. The summed E-state index contributed by atoms with van der Waals surface area (Å²) in [4.78, 5) is 38.0. The molecule has 0 saturated heterocycles. The summed E-state index contributed by atoms with van der Waals surface area (Å²) in [5, 5.41) is 16.9. The molecule has 0 aliphatic heterocycles. The Balaban J connectivity index is 2.35. The van der Waals surface area contributed by atoms with Gasteiger partial charge in [-0.25, -0.2) is 9.48 Å². The predicted octanol–water partition coefficient (Wildman–Crippen LogP) is 2.65. The molecule has 0 fully saturated rings. The third kappa shape index (κ3) is 4.85. The number of hydrogen-bond donors (Lipinski definition) is 1. The maximum Gasteiger partial charge on any atom is 0.360 e. The Hall–Kier alpha value is -3.21. The normalized spacial score (nSPS) is 14.2. The van der Waals surface area contributed by atoms with Crippen LogP contribution in [0.25, 0.3) is 10.8 Å². The molecule has 0 spiro atoms. The van der Waals surface area contributed by atoms with Crippen molar-refractivity contribution in [1.29, 1.82) is 5.26 Å². The predicted molar refractivity (Wildman–Crippen MR) is 113 cm³/mol. The van der Waals surface area contributed by atoms with E-state index in [-0.39, 0.29) is 23.1 Å². The topological polar surface area (TPSA) is 114 Å². The smallest absolute Gasteiger partial charge is 0.360 e. The van der Waals surface area contributed by atoms with Crippen LogP contribution in [0.2, 0.25) is 0 Å². The molecular weight excluding hydrogens is 384 g/mol. The highest BCUT2D eigenvalue weighted by molar-refractivity contribution is 6.02. The van der Waals surface area contributed by atoms with Crippen LogP contribution >= 0.6 is 0 Å². The van der Waals surface area contributed by atoms with Gasteiger partial charge in [0.15, 0.2) is 11.8 Å². The van der Waals surface area contributed by atoms with Crippen LogP contribution in [0.4, 0.5) is 0 Å². The van der Waals surface area contributed by atoms with Crippen LogP contribution in [0.15, 0.2) is 29.1 Å². The van der Waals surface area contributed by atoms with Crippen molar-refractivity contribution < 1.29 is 14.3 Å². The van der Waals surface area contributed by atoms with E-state index in [0.29, 0.717) is 17.3 Å². The van der Waals surface area contributed by atoms with Gasteiger partial charge in [-0.15, -0.1) is 0 Å². The molecule has 160 valence electrons. The number of aromatic nitrogens is 2. The maximum absolute atomic E-state index is 12.8. The third-order valence-corrected chi connectivity index (χ3v) is 5.02. The highest BCUT2D eigenvalue weighted by Gasteiger charge is 2.33. The Bertz CT molecular complexity index is 1050. The number of carbonyl (C=O) groups is 2. The number of carbonyl (C=O) groups excluding carboxylic acids is 2. The second-order valence-corrected chi connectivity index (χ2v) is 8.28. The molecule has 0 radical (unpaired) electrons. The molecule has 1 aromatic heterocycles. The number of hydrogen-bond acceptors (Lipinski definition) is 6. The summed E-state index contributed by atoms with van der Waals surface area (Å²) < 4.78 is 6.59. The maximum atomic E-state index is 12.8. The summed E-state index contributed by atoms with van der Waals surface area (Å²) in [5.74, 6) is -1.39. The van der Waals surface area contributed by atoms with Gasteiger partial charge in [0.1, 0.15) is 5.54 Å². The molecule has 2 atom stereocenters. The standard InChI is InChI=1S/C22H28N4O4/c1-13(2)11-26-20(28)17-10-8-7-9-16(17)18(25-26)21(29)30-15(5)19(27)24-22(6,12-23)14(3)4/h7-10,13-15H,11H2,1-6H3,(H,24,27)/t15-,22+/m1/s1. The molecule has 1 aromatic carbocycles. The molecule has 0 unspecified atom stereocenters. The van der Waals surface area contributed by atoms with Gasteiger partial charge in [-0.1, -0.05) is 45.9 Å². The number of amides is 1. The molecule has 0 saturated carbocycles. The lowest BCUT2D eigenvalue weighted by molar-refractivity contribution is -0.130. The number of rotatable bonds is 7. The second-order valence-electron chi connectivity index (χ2n) is 8.28. The minimum absolute atomic E-state index is 0.0302. The molecule has 1 heterocycles. The number of nitriles is 1. The van der Waals surface area contributed by atoms with E-state index in [1.165, 1.54) is 11.6 Å². The molecule has 1 N–H and O–H groups in total. The highest BCUT2D eigenvalue weighted by atomic mass is 16.5. The molecule has 1 amide bonds. The molecule has 0 bridgehead atoms. The molecule has 8 heteroatoms. The van der Waals surface area contributed by atoms with Crippen molar-refractivity contribution in [2.75, 3.05) is 0 Å². The van der Waals surface area contributed by atoms with Gasteiger partial charge in [-0.2, -0.15) is 10.4 Å². The number of fused-ring (bicyclic) bond motifs is 1. The van der Waals surface area contributed by atoms with Crippen molar-refractivity contribution in [3.63, 3.8) is 0 Å². The molecule has 30 heavy (non-hydrogen) atoms. The largest absolute Gasteiger partial charge is 0.448 e. The first-order valence-corrected chi connectivity index (χ1v) is 9.94. The van der Waals surface area contributed by atoms with Crippen LogP contribution in [0.1, 0.15) is 52.0 Å². The number of benzene rings is 1. The van der Waals surface area contributed by atoms with E-state index in [9.17, 15) is 19.6 Å². The molecule has 0 aliphatic rings. The van der Waals surface area contributed by atoms with Crippen LogP contribution < -0.4 is 10.9 Å². The van der Waals surface area contributed by atoms with E-state index < -0.39 is 23.5 Å². The third-order valence-electron chi connectivity index (χ3n) is 5.02. The zero-order valence-corrected chi connectivity index (χ0v) is 18.2. The van der Waals surface area contributed by atoms with Gasteiger partial charge in [0.25, 0.3) is 11.5 Å². The van der Waals surface area contributed by atoms with Gasteiger partial charge in [0, 0.05) is 11.9 Å². The van der Waals surface area contributed by atoms with Crippen LogP contribution in [0.3, 0.4) is 0 Å². The lowest BCUT2D eigenvalue weighted by Gasteiger charge is -2.28. The fraction of sp³-hybridized carbons (Fsp3) is 0.500. The fourth-order valence-corrected chi connectivity index (χ4v) is 2.78. The van der Waals surface area contributed by atoms with Gasteiger partial charge in [0.2, 0.25) is 0 Å². The second kappa shape index (κ2) is 9.08. The number of nitrogens with one attached hydrogen (secondary N) is 1. The van der Waals surface area contributed by atoms with Gasteiger partial charge in [-0.3, -0.25) is 9.59 Å². The Morgan fingerprint density at radius 3 is 2.33 bits per heavy atom. The Kier molecular flexibility index (Phi) is 6.98. The summed E-state index contributed by atoms with van der Waals surface area (Å²) in [7, 11) is 0. The number of nitrogens with zero attached hydrogens (tertiary/aromatic N) is 3. The Morgan fingerprint density at radius 2 is 1.80 bits per heavy atom. The van der Waals surface area contributed by atoms with E-state index >= 15 is 0 Å². The Labute approximate surface area is 175 Å².